The van der Waals surface area contributed by atoms with Crippen molar-refractivity contribution in [2.75, 3.05) is 4.72 Å². The molecule has 3 aromatic rings. The molecule has 0 saturated carbocycles. The second kappa shape index (κ2) is 6.60. The normalized spacial score (nSPS) is 12.3. The van der Waals surface area contributed by atoms with Crippen molar-refractivity contribution < 1.29 is 21.6 Å². The minimum Gasteiger partial charge on any atom is -0.279 e. The SMILES string of the molecule is Cc1ccc(Cl)cc1NS(=O)(=O)c1ccc(-c2cc(C(F)(F)F)[nH]n2)s1. The minimum atomic E-state index is -4.55. The third-order valence-electron chi connectivity index (χ3n) is 3.43. The molecule has 0 radical (unpaired) electrons. The fourth-order valence-corrected chi connectivity index (χ4v) is 4.66. The van der Waals surface area contributed by atoms with Crippen LogP contribution in [0, 0.1) is 6.92 Å². The van der Waals surface area contributed by atoms with Crippen molar-refractivity contribution in [1.29, 1.82) is 0 Å². The lowest BCUT2D eigenvalue weighted by Gasteiger charge is -2.09. The molecule has 0 saturated heterocycles. The number of nitrogens with zero attached hydrogens (tertiary/aromatic N) is 1. The zero-order valence-corrected chi connectivity index (χ0v) is 15.4. The van der Waals surface area contributed by atoms with Gasteiger partial charge in [-0.25, -0.2) is 8.42 Å². The van der Waals surface area contributed by atoms with Gasteiger partial charge >= 0.3 is 6.18 Å². The third-order valence-corrected chi connectivity index (χ3v) is 6.63. The number of benzene rings is 1. The van der Waals surface area contributed by atoms with E-state index < -0.39 is 21.9 Å². The van der Waals surface area contributed by atoms with Crippen LogP contribution in [0.15, 0.2) is 40.6 Å². The van der Waals surface area contributed by atoms with Gasteiger partial charge in [-0.2, -0.15) is 18.3 Å². The number of aromatic nitrogens is 2. The van der Waals surface area contributed by atoms with E-state index in [1.54, 1.807) is 19.1 Å². The number of alkyl halides is 3. The Morgan fingerprint density at radius 1 is 1.19 bits per heavy atom. The maximum atomic E-state index is 12.6. The highest BCUT2D eigenvalue weighted by atomic mass is 35.5. The zero-order chi connectivity index (χ0) is 19.1. The van der Waals surface area contributed by atoms with Gasteiger partial charge in [-0.1, -0.05) is 17.7 Å². The molecular formula is C15H11ClF3N3O2S2. The Bertz CT molecular complexity index is 1060. The maximum absolute atomic E-state index is 12.6. The van der Waals surface area contributed by atoms with Crippen LogP contribution in [0.1, 0.15) is 11.3 Å². The van der Waals surface area contributed by atoms with E-state index in [0.717, 1.165) is 17.4 Å². The van der Waals surface area contributed by atoms with E-state index in [0.29, 0.717) is 21.2 Å². The topological polar surface area (TPSA) is 74.8 Å². The van der Waals surface area contributed by atoms with Gasteiger partial charge in [0, 0.05) is 5.02 Å². The first-order valence-corrected chi connectivity index (χ1v) is 9.76. The predicted molar refractivity (Wildman–Crippen MR) is 93.9 cm³/mol. The lowest BCUT2D eigenvalue weighted by atomic mass is 10.2. The molecule has 5 nitrogen and oxygen atoms in total. The standard InChI is InChI=1S/C15H11ClF3N3O2S2/c1-8-2-3-9(16)6-10(8)22-26(23,24)14-5-4-12(25-14)11-7-13(21-20-11)15(17,18)19/h2-7,22H,1H3,(H,20,21). The van der Waals surface area contributed by atoms with Gasteiger partial charge in [0.15, 0.2) is 0 Å². The number of thiophene rings is 1. The molecule has 0 aliphatic rings. The molecule has 138 valence electrons. The van der Waals surface area contributed by atoms with E-state index in [1.807, 2.05) is 5.10 Å². The number of sulfonamides is 1. The first-order valence-electron chi connectivity index (χ1n) is 7.08. The van der Waals surface area contributed by atoms with Gasteiger partial charge in [0.25, 0.3) is 10.0 Å². The number of hydrogen-bond donors (Lipinski definition) is 2. The molecule has 0 amide bonds. The summed E-state index contributed by atoms with van der Waals surface area (Å²) < 4.78 is 65.3. The Labute approximate surface area is 155 Å². The van der Waals surface area contributed by atoms with Gasteiger partial charge in [0.05, 0.1) is 10.6 Å². The molecule has 2 N–H and O–H groups in total. The summed E-state index contributed by atoms with van der Waals surface area (Å²) in [7, 11) is -3.91. The van der Waals surface area contributed by atoms with Crippen LogP contribution in [0.4, 0.5) is 18.9 Å². The summed E-state index contributed by atoms with van der Waals surface area (Å²) in [6.07, 6.45) is -4.55. The molecule has 0 aliphatic heterocycles. The van der Waals surface area contributed by atoms with Crippen molar-refractivity contribution >= 4 is 38.6 Å². The number of anilines is 1. The van der Waals surface area contributed by atoms with Crippen LogP contribution < -0.4 is 4.72 Å². The van der Waals surface area contributed by atoms with Crippen molar-refractivity contribution in [3.05, 3.63) is 52.7 Å². The van der Waals surface area contributed by atoms with E-state index in [-0.39, 0.29) is 9.90 Å². The van der Waals surface area contributed by atoms with Crippen molar-refractivity contribution in [3.8, 4) is 10.6 Å². The predicted octanol–water partition coefficient (Wildman–Crippen LogP) is 4.92. The fourth-order valence-electron chi connectivity index (χ4n) is 2.09. The second-order valence-corrected chi connectivity index (χ2v) is 8.78. The monoisotopic (exact) mass is 421 g/mol. The van der Waals surface area contributed by atoms with Gasteiger partial charge in [-0.3, -0.25) is 9.82 Å². The second-order valence-electron chi connectivity index (χ2n) is 5.35. The fraction of sp³-hybridized carbons (Fsp3) is 0.133. The molecule has 11 heteroatoms. The van der Waals surface area contributed by atoms with Gasteiger partial charge < -0.3 is 0 Å². The molecule has 0 fully saturated rings. The largest absolute Gasteiger partial charge is 0.432 e. The van der Waals surface area contributed by atoms with E-state index in [1.165, 1.54) is 18.2 Å². The summed E-state index contributed by atoms with van der Waals surface area (Å²) in [6.45, 7) is 1.72. The van der Waals surface area contributed by atoms with Crippen molar-refractivity contribution in [2.24, 2.45) is 0 Å². The molecule has 0 atom stereocenters. The molecule has 0 unspecified atom stereocenters. The summed E-state index contributed by atoms with van der Waals surface area (Å²) in [6, 6.07) is 8.32. The Balaban J connectivity index is 1.89. The summed E-state index contributed by atoms with van der Waals surface area (Å²) in [4.78, 5) is 0.292. The first-order chi connectivity index (χ1) is 12.1. The van der Waals surface area contributed by atoms with Crippen LogP contribution in [-0.4, -0.2) is 18.6 Å². The van der Waals surface area contributed by atoms with Crippen LogP contribution in [0.3, 0.4) is 0 Å². The lowest BCUT2D eigenvalue weighted by Crippen LogP contribution is -2.12. The van der Waals surface area contributed by atoms with Crippen LogP contribution in [0.5, 0.6) is 0 Å². The summed E-state index contributed by atoms with van der Waals surface area (Å²) >= 11 is 6.69. The number of rotatable bonds is 4. The molecule has 0 aliphatic carbocycles. The molecule has 3 rings (SSSR count). The maximum Gasteiger partial charge on any atom is 0.432 e. The lowest BCUT2D eigenvalue weighted by molar-refractivity contribution is -0.141. The van der Waals surface area contributed by atoms with Gasteiger partial charge in [-0.05, 0) is 42.8 Å². The van der Waals surface area contributed by atoms with Crippen molar-refractivity contribution in [3.63, 3.8) is 0 Å². The molecule has 2 aromatic heterocycles. The average molecular weight is 422 g/mol. The van der Waals surface area contributed by atoms with E-state index in [4.69, 9.17) is 11.6 Å². The Kier molecular flexibility index (Phi) is 4.76. The smallest absolute Gasteiger partial charge is 0.279 e. The number of hydrogen-bond acceptors (Lipinski definition) is 4. The third kappa shape index (κ3) is 3.87. The summed E-state index contributed by atoms with van der Waals surface area (Å²) in [5, 5.41) is 5.86. The van der Waals surface area contributed by atoms with Crippen LogP contribution in [0.25, 0.3) is 10.6 Å². The number of H-pyrrole nitrogens is 1. The highest BCUT2D eigenvalue weighted by molar-refractivity contribution is 7.94. The minimum absolute atomic E-state index is 0.0164. The number of aromatic amines is 1. The Morgan fingerprint density at radius 3 is 2.58 bits per heavy atom. The van der Waals surface area contributed by atoms with Crippen molar-refractivity contribution in [1.82, 2.24) is 10.2 Å². The highest BCUT2D eigenvalue weighted by Crippen LogP contribution is 2.34. The van der Waals surface area contributed by atoms with E-state index in [9.17, 15) is 21.6 Å². The van der Waals surface area contributed by atoms with Crippen molar-refractivity contribution in [2.45, 2.75) is 17.3 Å². The molecule has 0 bridgehead atoms. The van der Waals surface area contributed by atoms with Crippen LogP contribution in [0.2, 0.25) is 5.02 Å². The number of halogens is 4. The quantitative estimate of drug-likeness (QED) is 0.627. The van der Waals surface area contributed by atoms with E-state index >= 15 is 0 Å². The molecule has 26 heavy (non-hydrogen) atoms. The summed E-state index contributed by atoms with van der Waals surface area (Å²) in [5.41, 5.74) is 0.0177. The average Bonchev–Trinajstić information content (AvgIpc) is 3.18. The molecule has 0 spiro atoms. The number of nitrogens with one attached hydrogen (secondary N) is 2. The van der Waals surface area contributed by atoms with Gasteiger partial charge in [-0.15, -0.1) is 11.3 Å². The van der Waals surface area contributed by atoms with Crippen LogP contribution >= 0.6 is 22.9 Å². The highest BCUT2D eigenvalue weighted by Gasteiger charge is 2.33. The Hall–Kier alpha value is -2.04. The Morgan fingerprint density at radius 2 is 1.92 bits per heavy atom. The molecule has 1 aromatic carbocycles. The van der Waals surface area contributed by atoms with Gasteiger partial charge in [0.1, 0.15) is 15.6 Å². The molecule has 2 heterocycles. The van der Waals surface area contributed by atoms with E-state index in [2.05, 4.69) is 9.82 Å². The van der Waals surface area contributed by atoms with Crippen LogP contribution in [-0.2, 0) is 16.2 Å². The van der Waals surface area contributed by atoms with Gasteiger partial charge in [0.2, 0.25) is 0 Å². The zero-order valence-electron chi connectivity index (χ0n) is 13.1. The molecular weight excluding hydrogens is 411 g/mol. The summed E-state index contributed by atoms with van der Waals surface area (Å²) in [5.74, 6) is 0. The first kappa shape index (κ1) is 18.7. The number of aryl methyl sites for hydroxylation is 1.